The van der Waals surface area contributed by atoms with Crippen molar-refractivity contribution in [3.05, 3.63) is 59.7 Å². The van der Waals surface area contributed by atoms with Gasteiger partial charge >= 0.3 is 12.1 Å². The van der Waals surface area contributed by atoms with Crippen LogP contribution in [0.4, 0.5) is 26.4 Å². The number of fused-ring (bicyclic) bond motifs is 1. The first-order valence-electron chi connectivity index (χ1n) is 15.9. The summed E-state index contributed by atoms with van der Waals surface area (Å²) in [7, 11) is 0. The van der Waals surface area contributed by atoms with E-state index in [4.69, 9.17) is 25.8 Å². The molecule has 1 atom stereocenters. The third-order valence-electron chi connectivity index (χ3n) is 7.66. The van der Waals surface area contributed by atoms with Crippen LogP contribution in [0, 0.1) is 11.7 Å². The Bertz CT molecular complexity index is 1690. The average Bonchev–Trinajstić information content (AvgIpc) is 3.86. The molecule has 1 aliphatic heterocycles. The fourth-order valence-electron chi connectivity index (χ4n) is 5.07. The number of carbonyl (C=O) groups is 3. The van der Waals surface area contributed by atoms with Crippen molar-refractivity contribution in [2.75, 3.05) is 50.0 Å². The summed E-state index contributed by atoms with van der Waals surface area (Å²) in [5.74, 6) is -0.0405. The first-order chi connectivity index (χ1) is 22.9. The van der Waals surface area contributed by atoms with Gasteiger partial charge in [-0.1, -0.05) is 17.7 Å². The van der Waals surface area contributed by atoms with Crippen LogP contribution in [0.2, 0.25) is 5.02 Å². The molecule has 2 aliphatic rings. The van der Waals surface area contributed by atoms with E-state index in [0.29, 0.717) is 59.5 Å². The van der Waals surface area contributed by atoms with Crippen molar-refractivity contribution < 1.29 is 33.0 Å². The SMILES string of the molecule is CCOC(=O)C1CN(C(=O)OC(C)(C)C)CCN1CC=CC(=O)Nc1cc2c(Nc3ccc(F)c(Cl)c3)ncnc2cc1OCC1CC1. The molecule has 2 N–H and O–H groups in total. The Hall–Kier alpha value is -4.49. The molecule has 1 unspecified atom stereocenters. The topological polar surface area (TPSA) is 135 Å². The summed E-state index contributed by atoms with van der Waals surface area (Å²) in [6, 6.07) is 7.00. The van der Waals surface area contributed by atoms with Gasteiger partial charge in [-0.3, -0.25) is 14.5 Å². The molecule has 1 aromatic heterocycles. The maximum atomic E-state index is 13.7. The highest BCUT2D eigenvalue weighted by atomic mass is 35.5. The summed E-state index contributed by atoms with van der Waals surface area (Å²) in [4.78, 5) is 50.8. The second-order valence-corrected chi connectivity index (χ2v) is 13.1. The lowest BCUT2D eigenvalue weighted by Crippen LogP contribution is -2.58. The molecule has 12 nitrogen and oxygen atoms in total. The zero-order valence-electron chi connectivity index (χ0n) is 27.4. The Balaban J connectivity index is 1.31. The average molecular weight is 683 g/mol. The predicted octanol–water partition coefficient (Wildman–Crippen LogP) is 5.93. The van der Waals surface area contributed by atoms with Crippen molar-refractivity contribution in [2.45, 2.75) is 52.2 Å². The first-order valence-corrected chi connectivity index (χ1v) is 16.3. The molecule has 0 spiro atoms. The lowest BCUT2D eigenvalue weighted by atomic mass is 10.1. The van der Waals surface area contributed by atoms with Crippen molar-refractivity contribution in [3.8, 4) is 5.75 Å². The van der Waals surface area contributed by atoms with Crippen molar-refractivity contribution >= 4 is 57.7 Å². The number of nitrogens with zero attached hydrogens (tertiary/aromatic N) is 4. The molecule has 0 radical (unpaired) electrons. The van der Waals surface area contributed by atoms with E-state index in [9.17, 15) is 18.8 Å². The maximum absolute atomic E-state index is 13.7. The number of rotatable bonds is 11. The quantitative estimate of drug-likeness (QED) is 0.185. The van der Waals surface area contributed by atoms with E-state index in [0.717, 1.165) is 12.8 Å². The van der Waals surface area contributed by atoms with E-state index in [-0.39, 0.29) is 24.7 Å². The zero-order valence-corrected chi connectivity index (χ0v) is 28.2. The van der Waals surface area contributed by atoms with E-state index in [2.05, 4.69) is 20.6 Å². The van der Waals surface area contributed by atoms with Gasteiger partial charge in [-0.25, -0.2) is 19.2 Å². The number of halogens is 2. The number of benzene rings is 2. The van der Waals surface area contributed by atoms with Crippen LogP contribution >= 0.6 is 11.6 Å². The number of anilines is 3. The van der Waals surface area contributed by atoms with E-state index in [1.807, 2.05) is 4.90 Å². The van der Waals surface area contributed by atoms with Gasteiger partial charge in [-0.2, -0.15) is 0 Å². The molecule has 2 amide bonds. The molecule has 0 bridgehead atoms. The summed E-state index contributed by atoms with van der Waals surface area (Å²) in [6.45, 7) is 8.90. The van der Waals surface area contributed by atoms with Gasteiger partial charge in [0.2, 0.25) is 5.91 Å². The summed E-state index contributed by atoms with van der Waals surface area (Å²) >= 11 is 5.97. The van der Waals surface area contributed by atoms with Gasteiger partial charge < -0.3 is 29.7 Å². The van der Waals surface area contributed by atoms with E-state index < -0.39 is 35.4 Å². The number of carbonyl (C=O) groups excluding carboxylic acids is 3. The third kappa shape index (κ3) is 9.32. The number of esters is 1. The molecule has 1 saturated heterocycles. The minimum absolute atomic E-state index is 0.0349. The summed E-state index contributed by atoms with van der Waals surface area (Å²) in [6.07, 6.45) is 6.13. The minimum Gasteiger partial charge on any atom is -0.491 e. The molecule has 2 aromatic carbocycles. The number of hydrogen-bond acceptors (Lipinski definition) is 10. The van der Waals surface area contributed by atoms with Gasteiger partial charge in [0.1, 0.15) is 35.4 Å². The van der Waals surface area contributed by atoms with Crippen molar-refractivity contribution in [1.29, 1.82) is 0 Å². The second kappa shape index (κ2) is 15.2. The van der Waals surface area contributed by atoms with Gasteiger partial charge in [-0.15, -0.1) is 0 Å². The number of amides is 2. The van der Waals surface area contributed by atoms with E-state index in [1.165, 1.54) is 29.4 Å². The van der Waals surface area contributed by atoms with Crippen LogP contribution in [-0.2, 0) is 19.1 Å². The predicted molar refractivity (Wildman–Crippen MR) is 180 cm³/mol. The van der Waals surface area contributed by atoms with Crippen molar-refractivity contribution in [3.63, 3.8) is 0 Å². The number of aromatic nitrogens is 2. The summed E-state index contributed by atoms with van der Waals surface area (Å²) < 4.78 is 30.6. The molecular weight excluding hydrogens is 643 g/mol. The molecule has 14 heteroatoms. The molecule has 2 heterocycles. The molecule has 2 fully saturated rings. The number of hydrogen-bond donors (Lipinski definition) is 2. The number of piperazine rings is 1. The van der Waals surface area contributed by atoms with Gasteiger partial charge in [-0.05, 0) is 70.7 Å². The Morgan fingerprint density at radius 1 is 1.12 bits per heavy atom. The van der Waals surface area contributed by atoms with Crippen molar-refractivity contribution in [1.82, 2.24) is 19.8 Å². The van der Waals surface area contributed by atoms with Crippen LogP contribution in [0.5, 0.6) is 5.75 Å². The first kappa shape index (κ1) is 34.8. The minimum atomic E-state index is -0.719. The highest BCUT2D eigenvalue weighted by Crippen LogP contribution is 2.36. The molecule has 1 aliphatic carbocycles. The molecule has 1 saturated carbocycles. The Morgan fingerprint density at radius 3 is 2.62 bits per heavy atom. The molecule has 3 aromatic rings. The molecule has 256 valence electrons. The molecule has 48 heavy (non-hydrogen) atoms. The molecular formula is C34H40ClFN6O6. The van der Waals surface area contributed by atoms with Crippen LogP contribution in [-0.4, -0.2) is 88.8 Å². The van der Waals surface area contributed by atoms with Crippen LogP contribution in [0.15, 0.2) is 48.8 Å². The van der Waals surface area contributed by atoms with Crippen molar-refractivity contribution in [2.24, 2.45) is 5.92 Å². The third-order valence-corrected chi connectivity index (χ3v) is 7.95. The van der Waals surface area contributed by atoms with Crippen LogP contribution in [0.25, 0.3) is 10.9 Å². The van der Waals surface area contributed by atoms with Crippen LogP contribution in [0.3, 0.4) is 0 Å². The Kier molecular flexibility index (Phi) is 11.0. The lowest BCUT2D eigenvalue weighted by Gasteiger charge is -2.39. The van der Waals surface area contributed by atoms with Crippen LogP contribution < -0.4 is 15.4 Å². The van der Waals surface area contributed by atoms with Gasteiger partial charge in [0.25, 0.3) is 0 Å². The maximum Gasteiger partial charge on any atom is 0.410 e. The Morgan fingerprint density at radius 2 is 1.92 bits per heavy atom. The lowest BCUT2D eigenvalue weighted by molar-refractivity contribution is -0.151. The second-order valence-electron chi connectivity index (χ2n) is 12.7. The standard InChI is InChI=1S/C34H40ClFN6O6/c1-5-46-32(44)28-18-42(33(45)48-34(2,3)4)14-13-41(28)12-6-7-30(43)40-27-16-23-26(17-29(27)47-19-21-8-9-21)37-20-38-31(23)39-22-10-11-25(36)24(35)15-22/h6-7,10-11,15-17,20-21,28H,5,8-9,12-14,18-19H2,1-4H3,(H,40,43)(H,37,38,39). The fraction of sp³-hybridized carbons (Fsp3) is 0.441. The largest absolute Gasteiger partial charge is 0.491 e. The molecule has 5 rings (SSSR count). The smallest absolute Gasteiger partial charge is 0.410 e. The zero-order chi connectivity index (χ0) is 34.4. The Labute approximate surface area is 283 Å². The fourth-order valence-corrected chi connectivity index (χ4v) is 5.25. The van der Waals surface area contributed by atoms with Gasteiger partial charge in [0.15, 0.2) is 0 Å². The highest BCUT2D eigenvalue weighted by Gasteiger charge is 2.36. The van der Waals surface area contributed by atoms with Gasteiger partial charge in [0.05, 0.1) is 36.0 Å². The number of ether oxygens (including phenoxy) is 3. The monoisotopic (exact) mass is 682 g/mol. The highest BCUT2D eigenvalue weighted by molar-refractivity contribution is 6.31. The van der Waals surface area contributed by atoms with Gasteiger partial charge in [0, 0.05) is 42.9 Å². The van der Waals surface area contributed by atoms with Crippen LogP contribution in [0.1, 0.15) is 40.5 Å². The van der Waals surface area contributed by atoms with E-state index >= 15 is 0 Å². The number of nitrogens with one attached hydrogen (secondary N) is 2. The van der Waals surface area contributed by atoms with E-state index in [1.54, 1.807) is 52.0 Å². The summed E-state index contributed by atoms with van der Waals surface area (Å²) in [5.41, 5.74) is 0.857. The normalized spacial score (nSPS) is 17.0. The summed E-state index contributed by atoms with van der Waals surface area (Å²) in [5, 5.41) is 6.61.